The van der Waals surface area contributed by atoms with E-state index in [0.29, 0.717) is 17.9 Å². The second kappa shape index (κ2) is 7.18. The van der Waals surface area contributed by atoms with Gasteiger partial charge in [-0.3, -0.25) is 4.79 Å². The van der Waals surface area contributed by atoms with Gasteiger partial charge in [0, 0.05) is 12.1 Å². The molecule has 0 aromatic heterocycles. The minimum absolute atomic E-state index is 0.00473. The van der Waals surface area contributed by atoms with Crippen molar-refractivity contribution in [2.24, 2.45) is 11.8 Å². The molecule has 0 aliphatic heterocycles. The Bertz CT molecular complexity index is 535. The number of carbonyl (C=O) groups is 1. The average molecular weight is 310 g/mol. The molecule has 1 aromatic rings. The van der Waals surface area contributed by atoms with Gasteiger partial charge in [0.05, 0.1) is 11.7 Å². The van der Waals surface area contributed by atoms with Gasteiger partial charge in [-0.25, -0.2) is 8.78 Å². The van der Waals surface area contributed by atoms with E-state index in [1.807, 2.05) is 0 Å². The first-order valence-electron chi connectivity index (χ1n) is 7.90. The summed E-state index contributed by atoms with van der Waals surface area (Å²) in [5.74, 6) is -0.592. The molecular weight excluding hydrogens is 286 g/mol. The second-order valence-electron chi connectivity index (χ2n) is 6.38. The Labute approximate surface area is 130 Å². The number of carbonyl (C=O) groups excluding carboxylic acids is 1. The number of halogens is 2. The van der Waals surface area contributed by atoms with Gasteiger partial charge in [-0.1, -0.05) is 26.7 Å². The van der Waals surface area contributed by atoms with Crippen LogP contribution in [0.3, 0.4) is 0 Å². The molecule has 4 atom stereocenters. The highest BCUT2D eigenvalue weighted by Gasteiger charge is 2.29. The Kier molecular flexibility index (Phi) is 5.51. The third-order valence-corrected chi connectivity index (χ3v) is 4.75. The zero-order valence-corrected chi connectivity index (χ0v) is 13.3. The summed E-state index contributed by atoms with van der Waals surface area (Å²) in [5, 5.41) is 5.85. The maximum atomic E-state index is 13.6. The zero-order chi connectivity index (χ0) is 16.3. The normalized spacial score (nSPS) is 26.5. The molecule has 22 heavy (non-hydrogen) atoms. The molecule has 0 saturated heterocycles. The van der Waals surface area contributed by atoms with Crippen molar-refractivity contribution >= 4 is 11.6 Å². The molecule has 2 rings (SSSR count). The van der Waals surface area contributed by atoms with E-state index in [9.17, 15) is 13.6 Å². The van der Waals surface area contributed by atoms with E-state index in [0.717, 1.165) is 25.0 Å². The fraction of sp³-hybridized carbons (Fsp3) is 0.588. The van der Waals surface area contributed by atoms with Crippen molar-refractivity contribution in [2.75, 3.05) is 5.32 Å². The van der Waals surface area contributed by atoms with E-state index < -0.39 is 17.7 Å². The predicted molar refractivity (Wildman–Crippen MR) is 83.6 cm³/mol. The van der Waals surface area contributed by atoms with Gasteiger partial charge in [0.1, 0.15) is 11.6 Å². The third-order valence-electron chi connectivity index (χ3n) is 4.75. The lowest BCUT2D eigenvalue weighted by molar-refractivity contribution is -0.118. The highest BCUT2D eigenvalue weighted by Crippen LogP contribution is 2.29. The molecule has 0 spiro atoms. The van der Waals surface area contributed by atoms with Crippen LogP contribution in [0.1, 0.15) is 40.0 Å². The molecule has 0 radical (unpaired) electrons. The van der Waals surface area contributed by atoms with Crippen LogP contribution in [0, 0.1) is 23.5 Å². The fourth-order valence-corrected chi connectivity index (χ4v) is 3.05. The Balaban J connectivity index is 1.94. The Morgan fingerprint density at radius 1 is 1.27 bits per heavy atom. The minimum Gasteiger partial charge on any atom is -0.322 e. The van der Waals surface area contributed by atoms with Gasteiger partial charge in [-0.2, -0.15) is 0 Å². The molecule has 1 saturated carbocycles. The van der Waals surface area contributed by atoms with Crippen LogP contribution in [0.15, 0.2) is 18.2 Å². The zero-order valence-electron chi connectivity index (χ0n) is 13.3. The largest absolute Gasteiger partial charge is 0.322 e. The quantitative estimate of drug-likeness (QED) is 0.890. The monoisotopic (exact) mass is 310 g/mol. The summed E-state index contributed by atoms with van der Waals surface area (Å²) < 4.78 is 26.4. The molecule has 0 heterocycles. The van der Waals surface area contributed by atoms with Crippen molar-refractivity contribution in [3.8, 4) is 0 Å². The SMILES string of the molecule is CC(NC1CCCC(C)C1C)C(=O)Nc1ccc(F)cc1F. The molecule has 1 aliphatic rings. The maximum absolute atomic E-state index is 13.6. The fourth-order valence-electron chi connectivity index (χ4n) is 3.05. The lowest BCUT2D eigenvalue weighted by Gasteiger charge is -2.36. The van der Waals surface area contributed by atoms with Gasteiger partial charge < -0.3 is 10.6 Å². The van der Waals surface area contributed by atoms with Crippen molar-refractivity contribution in [1.29, 1.82) is 0 Å². The molecule has 1 aliphatic carbocycles. The molecule has 5 heteroatoms. The molecule has 1 amide bonds. The highest BCUT2D eigenvalue weighted by molar-refractivity contribution is 5.94. The van der Waals surface area contributed by atoms with Crippen LogP contribution in [0.5, 0.6) is 0 Å². The number of anilines is 1. The Hall–Kier alpha value is -1.49. The molecule has 4 unspecified atom stereocenters. The summed E-state index contributed by atoms with van der Waals surface area (Å²) in [5.41, 5.74) is 0.00473. The lowest BCUT2D eigenvalue weighted by atomic mass is 9.78. The van der Waals surface area contributed by atoms with Gasteiger partial charge in [-0.15, -0.1) is 0 Å². The average Bonchev–Trinajstić information content (AvgIpc) is 2.46. The number of hydrogen-bond donors (Lipinski definition) is 2. The summed E-state index contributed by atoms with van der Waals surface area (Å²) in [6.45, 7) is 6.20. The van der Waals surface area contributed by atoms with Crippen LogP contribution in [0.4, 0.5) is 14.5 Å². The van der Waals surface area contributed by atoms with E-state index in [2.05, 4.69) is 24.5 Å². The van der Waals surface area contributed by atoms with Crippen LogP contribution in [0.2, 0.25) is 0 Å². The minimum atomic E-state index is -0.764. The molecule has 1 aromatic carbocycles. The molecule has 2 N–H and O–H groups in total. The van der Waals surface area contributed by atoms with Gasteiger partial charge >= 0.3 is 0 Å². The number of amides is 1. The van der Waals surface area contributed by atoms with Crippen LogP contribution >= 0.6 is 0 Å². The maximum Gasteiger partial charge on any atom is 0.241 e. The van der Waals surface area contributed by atoms with Crippen LogP contribution in [-0.2, 0) is 4.79 Å². The van der Waals surface area contributed by atoms with E-state index >= 15 is 0 Å². The van der Waals surface area contributed by atoms with Gasteiger partial charge in [0.2, 0.25) is 5.91 Å². The van der Waals surface area contributed by atoms with Gasteiger partial charge in [-0.05, 0) is 37.3 Å². The number of nitrogens with one attached hydrogen (secondary N) is 2. The predicted octanol–water partition coefficient (Wildman–Crippen LogP) is 3.71. The van der Waals surface area contributed by atoms with Crippen LogP contribution in [0.25, 0.3) is 0 Å². The van der Waals surface area contributed by atoms with Crippen LogP contribution < -0.4 is 10.6 Å². The standard InChI is InChI=1S/C17H24F2N2O/c1-10-5-4-6-15(11(10)2)20-12(3)17(22)21-16-8-7-13(18)9-14(16)19/h7-12,15,20H,4-6H2,1-3H3,(H,21,22). The van der Waals surface area contributed by atoms with Crippen molar-refractivity contribution in [2.45, 2.75) is 52.1 Å². The Morgan fingerprint density at radius 2 is 2.00 bits per heavy atom. The molecular formula is C17H24F2N2O. The van der Waals surface area contributed by atoms with E-state index in [-0.39, 0.29) is 11.6 Å². The second-order valence-corrected chi connectivity index (χ2v) is 6.38. The van der Waals surface area contributed by atoms with Crippen molar-refractivity contribution in [1.82, 2.24) is 5.32 Å². The summed E-state index contributed by atoms with van der Waals surface area (Å²) in [6.07, 6.45) is 3.43. The summed E-state index contributed by atoms with van der Waals surface area (Å²) in [7, 11) is 0. The smallest absolute Gasteiger partial charge is 0.241 e. The van der Waals surface area contributed by atoms with E-state index in [1.54, 1.807) is 6.92 Å². The first kappa shape index (κ1) is 16.9. The molecule has 122 valence electrons. The van der Waals surface area contributed by atoms with Crippen molar-refractivity contribution < 1.29 is 13.6 Å². The number of rotatable bonds is 4. The first-order chi connectivity index (χ1) is 10.4. The lowest BCUT2D eigenvalue weighted by Crippen LogP contribution is -2.49. The van der Waals surface area contributed by atoms with E-state index in [1.165, 1.54) is 12.5 Å². The summed E-state index contributed by atoms with van der Waals surface area (Å²) in [4.78, 5) is 12.2. The first-order valence-corrected chi connectivity index (χ1v) is 7.90. The van der Waals surface area contributed by atoms with Crippen molar-refractivity contribution in [3.05, 3.63) is 29.8 Å². The summed E-state index contributed by atoms with van der Waals surface area (Å²) in [6, 6.07) is 2.99. The molecule has 3 nitrogen and oxygen atoms in total. The van der Waals surface area contributed by atoms with Gasteiger partial charge in [0.15, 0.2) is 0 Å². The van der Waals surface area contributed by atoms with Crippen molar-refractivity contribution in [3.63, 3.8) is 0 Å². The van der Waals surface area contributed by atoms with E-state index in [4.69, 9.17) is 0 Å². The van der Waals surface area contributed by atoms with Crippen LogP contribution in [-0.4, -0.2) is 18.0 Å². The van der Waals surface area contributed by atoms with Gasteiger partial charge in [0.25, 0.3) is 0 Å². The number of hydrogen-bond acceptors (Lipinski definition) is 2. The Morgan fingerprint density at radius 3 is 2.68 bits per heavy atom. The topological polar surface area (TPSA) is 41.1 Å². The third kappa shape index (κ3) is 4.03. The molecule has 1 fully saturated rings. The number of benzene rings is 1. The summed E-state index contributed by atoms with van der Waals surface area (Å²) >= 11 is 0. The highest BCUT2D eigenvalue weighted by atomic mass is 19.1. The molecule has 0 bridgehead atoms.